The number of imide groups is 1. The van der Waals surface area contributed by atoms with E-state index in [0.717, 1.165) is 21.7 Å². The Bertz CT molecular complexity index is 1220. The van der Waals surface area contributed by atoms with Gasteiger partial charge < -0.3 is 10.1 Å². The first-order valence-electron chi connectivity index (χ1n) is 9.77. The van der Waals surface area contributed by atoms with Crippen LogP contribution in [0.25, 0.3) is 5.57 Å². The van der Waals surface area contributed by atoms with Crippen LogP contribution in [0.15, 0.2) is 72.4 Å². The number of carbonyl (C=O) groups is 2. The van der Waals surface area contributed by atoms with Gasteiger partial charge in [-0.3, -0.25) is 9.59 Å². The van der Waals surface area contributed by atoms with E-state index in [-0.39, 0.29) is 5.70 Å². The van der Waals surface area contributed by atoms with E-state index >= 15 is 0 Å². The molecule has 0 unspecified atom stereocenters. The van der Waals surface area contributed by atoms with E-state index < -0.39 is 11.8 Å². The van der Waals surface area contributed by atoms with Crippen molar-refractivity contribution in [2.75, 3.05) is 17.3 Å². The maximum Gasteiger partial charge on any atom is 0.282 e. The van der Waals surface area contributed by atoms with Gasteiger partial charge in [-0.1, -0.05) is 54.1 Å². The molecular weight excluding hydrogens is 412 g/mol. The largest absolute Gasteiger partial charge is 0.495 e. The molecule has 4 rings (SSSR count). The molecule has 0 spiro atoms. The van der Waals surface area contributed by atoms with E-state index in [1.165, 1.54) is 7.11 Å². The number of ether oxygens (including phenoxy) is 1. The molecule has 6 heteroatoms. The normalized spacial score (nSPS) is 13.7. The van der Waals surface area contributed by atoms with Gasteiger partial charge in [0.2, 0.25) is 0 Å². The molecule has 156 valence electrons. The molecule has 1 aliphatic heterocycles. The first-order chi connectivity index (χ1) is 14.9. The summed E-state index contributed by atoms with van der Waals surface area (Å²) in [4.78, 5) is 28.2. The number of nitrogens with zero attached hydrogens (tertiary/aromatic N) is 1. The van der Waals surface area contributed by atoms with E-state index in [4.69, 9.17) is 16.3 Å². The van der Waals surface area contributed by atoms with Crippen molar-refractivity contribution in [2.24, 2.45) is 0 Å². The number of aryl methyl sites for hydroxylation is 1. The van der Waals surface area contributed by atoms with Crippen LogP contribution in [0.2, 0.25) is 5.02 Å². The molecule has 3 aromatic rings. The van der Waals surface area contributed by atoms with Crippen molar-refractivity contribution in [1.29, 1.82) is 0 Å². The van der Waals surface area contributed by atoms with Gasteiger partial charge in [0.15, 0.2) is 0 Å². The van der Waals surface area contributed by atoms with E-state index in [9.17, 15) is 9.59 Å². The summed E-state index contributed by atoms with van der Waals surface area (Å²) < 4.78 is 5.40. The van der Waals surface area contributed by atoms with Crippen LogP contribution in [-0.4, -0.2) is 18.9 Å². The Kier molecular flexibility index (Phi) is 5.53. The van der Waals surface area contributed by atoms with E-state index in [2.05, 4.69) is 5.32 Å². The first-order valence-corrected chi connectivity index (χ1v) is 10.2. The van der Waals surface area contributed by atoms with Gasteiger partial charge in [-0.2, -0.15) is 0 Å². The number of carbonyl (C=O) groups excluding carboxylic acids is 2. The number of anilines is 2. The number of halogens is 1. The zero-order valence-electron chi connectivity index (χ0n) is 17.4. The molecule has 2 amide bonds. The van der Waals surface area contributed by atoms with Gasteiger partial charge in [0.05, 0.1) is 18.4 Å². The fraction of sp³-hybridized carbons (Fsp3) is 0.120. The van der Waals surface area contributed by atoms with Crippen molar-refractivity contribution >= 4 is 40.4 Å². The van der Waals surface area contributed by atoms with Crippen LogP contribution in [-0.2, 0) is 9.59 Å². The fourth-order valence-electron chi connectivity index (χ4n) is 3.60. The average Bonchev–Trinajstić information content (AvgIpc) is 3.01. The maximum absolute atomic E-state index is 13.6. The molecule has 1 aliphatic rings. The summed E-state index contributed by atoms with van der Waals surface area (Å²) >= 11 is 6.17. The van der Waals surface area contributed by atoms with Gasteiger partial charge in [-0.25, -0.2) is 4.90 Å². The molecular formula is C25H21ClN2O3. The van der Waals surface area contributed by atoms with E-state index in [1.807, 2.05) is 62.4 Å². The minimum atomic E-state index is -0.467. The van der Waals surface area contributed by atoms with Crippen LogP contribution >= 0.6 is 11.6 Å². The molecule has 0 aromatic heterocycles. The SMILES string of the molecule is COc1ccc(Cl)cc1N1C(=O)C(Nc2cccc(C)c2C)=C(c2ccccc2)C1=O. The minimum absolute atomic E-state index is 0.215. The second kappa shape index (κ2) is 8.28. The van der Waals surface area contributed by atoms with Gasteiger partial charge in [0.25, 0.3) is 11.8 Å². The Labute approximate surface area is 185 Å². The van der Waals surface area contributed by atoms with Crippen molar-refractivity contribution < 1.29 is 14.3 Å². The van der Waals surface area contributed by atoms with Crippen molar-refractivity contribution in [3.63, 3.8) is 0 Å². The monoisotopic (exact) mass is 432 g/mol. The maximum atomic E-state index is 13.6. The third kappa shape index (κ3) is 3.68. The second-order valence-corrected chi connectivity index (χ2v) is 7.69. The Hall–Kier alpha value is -3.57. The highest BCUT2D eigenvalue weighted by atomic mass is 35.5. The molecule has 31 heavy (non-hydrogen) atoms. The van der Waals surface area contributed by atoms with Crippen molar-refractivity contribution in [3.05, 3.63) is 94.1 Å². The van der Waals surface area contributed by atoms with Crippen molar-refractivity contribution in [3.8, 4) is 5.75 Å². The number of benzene rings is 3. The standard InChI is InChI=1S/C25H21ClN2O3/c1-15-8-7-11-19(16(15)2)27-23-22(17-9-5-4-6-10-17)24(29)28(25(23)30)20-14-18(26)12-13-21(20)31-3/h4-14,27H,1-3H3. The topological polar surface area (TPSA) is 58.6 Å². The van der Waals surface area contributed by atoms with Crippen LogP contribution in [0.1, 0.15) is 16.7 Å². The number of rotatable bonds is 5. The summed E-state index contributed by atoms with van der Waals surface area (Å²) in [6.07, 6.45) is 0. The molecule has 0 bridgehead atoms. The smallest absolute Gasteiger partial charge is 0.282 e. The molecule has 0 saturated heterocycles. The van der Waals surface area contributed by atoms with Crippen LogP contribution in [0.5, 0.6) is 5.75 Å². The number of hydrogen-bond donors (Lipinski definition) is 1. The first kappa shape index (κ1) is 20.7. The van der Waals surface area contributed by atoms with Gasteiger partial charge in [0.1, 0.15) is 11.4 Å². The Balaban J connectivity index is 1.88. The third-order valence-corrected chi connectivity index (χ3v) is 5.63. The fourth-order valence-corrected chi connectivity index (χ4v) is 3.76. The lowest BCUT2D eigenvalue weighted by Crippen LogP contribution is -2.32. The summed E-state index contributed by atoms with van der Waals surface area (Å²) in [7, 11) is 1.48. The van der Waals surface area contributed by atoms with Crippen molar-refractivity contribution in [1.82, 2.24) is 0 Å². The van der Waals surface area contributed by atoms with E-state index in [1.54, 1.807) is 18.2 Å². The highest BCUT2D eigenvalue weighted by Gasteiger charge is 2.41. The van der Waals surface area contributed by atoms with E-state index in [0.29, 0.717) is 27.6 Å². The molecule has 0 saturated carbocycles. The van der Waals surface area contributed by atoms with Gasteiger partial charge in [-0.05, 0) is 54.8 Å². The Morgan fingerprint density at radius 3 is 2.35 bits per heavy atom. The molecule has 3 aromatic carbocycles. The third-order valence-electron chi connectivity index (χ3n) is 5.39. The van der Waals surface area contributed by atoms with Crippen LogP contribution < -0.4 is 15.0 Å². The highest BCUT2D eigenvalue weighted by Crippen LogP contribution is 2.39. The Morgan fingerprint density at radius 1 is 0.903 bits per heavy atom. The molecule has 0 atom stereocenters. The molecule has 0 aliphatic carbocycles. The lowest BCUT2D eigenvalue weighted by atomic mass is 10.0. The average molecular weight is 433 g/mol. The lowest BCUT2D eigenvalue weighted by molar-refractivity contribution is -0.120. The summed E-state index contributed by atoms with van der Waals surface area (Å²) in [6, 6.07) is 19.8. The Morgan fingerprint density at radius 2 is 1.65 bits per heavy atom. The molecule has 0 radical (unpaired) electrons. The zero-order valence-corrected chi connectivity index (χ0v) is 18.2. The quantitative estimate of drug-likeness (QED) is 0.551. The number of methoxy groups -OCH3 is 1. The molecule has 1 N–H and O–H groups in total. The van der Waals surface area contributed by atoms with Crippen LogP contribution in [0.3, 0.4) is 0 Å². The molecule has 1 heterocycles. The van der Waals surface area contributed by atoms with Gasteiger partial charge in [0, 0.05) is 10.7 Å². The van der Waals surface area contributed by atoms with Crippen molar-refractivity contribution in [2.45, 2.75) is 13.8 Å². The minimum Gasteiger partial charge on any atom is -0.495 e. The highest BCUT2D eigenvalue weighted by molar-refractivity contribution is 6.46. The molecule has 0 fully saturated rings. The molecule has 5 nitrogen and oxygen atoms in total. The zero-order chi connectivity index (χ0) is 22.1. The predicted molar refractivity (Wildman–Crippen MR) is 123 cm³/mol. The summed E-state index contributed by atoms with van der Waals surface area (Å²) in [5.41, 5.74) is 4.32. The van der Waals surface area contributed by atoms with Crippen LogP contribution in [0.4, 0.5) is 11.4 Å². The second-order valence-electron chi connectivity index (χ2n) is 7.25. The van der Waals surface area contributed by atoms with Gasteiger partial charge in [-0.15, -0.1) is 0 Å². The summed E-state index contributed by atoms with van der Waals surface area (Å²) in [5.74, 6) is -0.526. The lowest BCUT2D eigenvalue weighted by Gasteiger charge is -2.19. The number of hydrogen-bond acceptors (Lipinski definition) is 4. The van der Waals surface area contributed by atoms with Crippen LogP contribution in [0, 0.1) is 13.8 Å². The van der Waals surface area contributed by atoms with Gasteiger partial charge >= 0.3 is 0 Å². The summed E-state index contributed by atoms with van der Waals surface area (Å²) in [5, 5.41) is 3.62. The summed E-state index contributed by atoms with van der Waals surface area (Å²) in [6.45, 7) is 3.97. The number of amides is 2. The number of nitrogens with one attached hydrogen (secondary N) is 1. The predicted octanol–water partition coefficient (Wildman–Crippen LogP) is 5.36.